The molecule has 4 rings (SSSR count). The van der Waals surface area contributed by atoms with Crippen LogP contribution in [0.2, 0.25) is 0 Å². The Hall–Kier alpha value is -2.26. The molecule has 1 aliphatic rings. The van der Waals surface area contributed by atoms with Crippen molar-refractivity contribution in [2.75, 3.05) is 23.7 Å². The van der Waals surface area contributed by atoms with Crippen molar-refractivity contribution in [1.82, 2.24) is 20.3 Å². The predicted molar refractivity (Wildman–Crippen MR) is 115 cm³/mol. The topological polar surface area (TPSA) is 71.0 Å². The molecule has 1 amide bonds. The lowest BCUT2D eigenvalue weighted by Crippen LogP contribution is -2.34. The molecular weight excluding hydrogens is 409 g/mol. The van der Waals surface area contributed by atoms with E-state index in [0.717, 1.165) is 33.5 Å². The second-order valence-electron chi connectivity index (χ2n) is 7.21. The van der Waals surface area contributed by atoms with Crippen LogP contribution in [-0.2, 0) is 11.3 Å². The van der Waals surface area contributed by atoms with Gasteiger partial charge in [-0.15, -0.1) is 0 Å². The quantitative estimate of drug-likeness (QED) is 0.472. The predicted octanol–water partition coefficient (Wildman–Crippen LogP) is 3.87. The molecule has 1 N–H and O–H groups in total. The number of fused-ring (bicyclic) bond motifs is 1. The molecule has 0 aliphatic carbocycles. The molecule has 0 spiro atoms. The third kappa shape index (κ3) is 5.02. The standard InChI is InChI=1S/C20H22FN5OS2/c1-13-3-2-8-26(10-13)20-25-18-17(29-20)19(24-12-23-18)28-11-16(27)22-9-14-4-6-15(21)7-5-14/h4-7,12-13H,2-3,8-11H2,1H3,(H,22,27)/t13-/m0/s1. The fourth-order valence-electron chi connectivity index (χ4n) is 3.31. The first-order valence-corrected chi connectivity index (χ1v) is 11.4. The van der Waals surface area contributed by atoms with Crippen molar-refractivity contribution in [2.24, 2.45) is 5.92 Å². The van der Waals surface area contributed by atoms with Crippen molar-refractivity contribution >= 4 is 44.5 Å². The Morgan fingerprint density at radius 1 is 1.34 bits per heavy atom. The van der Waals surface area contributed by atoms with Gasteiger partial charge >= 0.3 is 0 Å². The maximum Gasteiger partial charge on any atom is 0.230 e. The van der Waals surface area contributed by atoms with E-state index in [1.165, 1.54) is 43.1 Å². The molecule has 6 nitrogen and oxygen atoms in total. The number of carbonyl (C=O) groups excluding carboxylic acids is 1. The minimum Gasteiger partial charge on any atom is -0.351 e. The summed E-state index contributed by atoms with van der Waals surface area (Å²) in [5.74, 6) is 0.536. The van der Waals surface area contributed by atoms with Crippen molar-refractivity contribution < 1.29 is 9.18 Å². The Morgan fingerprint density at radius 2 is 2.17 bits per heavy atom. The van der Waals surface area contributed by atoms with Gasteiger partial charge in [-0.3, -0.25) is 4.79 Å². The molecule has 3 aromatic rings. The fraction of sp³-hybridized carbons (Fsp3) is 0.400. The van der Waals surface area contributed by atoms with Crippen LogP contribution in [-0.4, -0.2) is 39.7 Å². The number of piperidine rings is 1. The summed E-state index contributed by atoms with van der Waals surface area (Å²) in [6.07, 6.45) is 3.94. The average Bonchev–Trinajstić information content (AvgIpc) is 3.17. The number of thiazole rings is 1. The van der Waals surface area contributed by atoms with Crippen LogP contribution in [0.15, 0.2) is 35.6 Å². The van der Waals surface area contributed by atoms with Crippen LogP contribution >= 0.6 is 23.1 Å². The highest BCUT2D eigenvalue weighted by molar-refractivity contribution is 8.00. The van der Waals surface area contributed by atoms with Gasteiger partial charge in [0.15, 0.2) is 10.8 Å². The first-order chi connectivity index (χ1) is 14.1. The molecule has 0 saturated carbocycles. The van der Waals surface area contributed by atoms with Gasteiger partial charge in [-0.1, -0.05) is 42.2 Å². The van der Waals surface area contributed by atoms with Gasteiger partial charge in [-0.2, -0.15) is 4.98 Å². The Morgan fingerprint density at radius 3 is 2.97 bits per heavy atom. The minimum absolute atomic E-state index is 0.0966. The second-order valence-corrected chi connectivity index (χ2v) is 9.15. The second kappa shape index (κ2) is 9.04. The highest BCUT2D eigenvalue weighted by atomic mass is 32.2. The van der Waals surface area contributed by atoms with Crippen molar-refractivity contribution in [2.45, 2.75) is 31.3 Å². The van der Waals surface area contributed by atoms with E-state index in [9.17, 15) is 9.18 Å². The summed E-state index contributed by atoms with van der Waals surface area (Å²) >= 11 is 2.98. The molecule has 0 radical (unpaired) electrons. The van der Waals surface area contributed by atoms with Crippen LogP contribution in [0, 0.1) is 11.7 Å². The number of nitrogens with one attached hydrogen (secondary N) is 1. The van der Waals surface area contributed by atoms with Gasteiger partial charge in [0.2, 0.25) is 5.91 Å². The Balaban J connectivity index is 1.38. The first-order valence-electron chi connectivity index (χ1n) is 9.59. The molecule has 0 bridgehead atoms. The summed E-state index contributed by atoms with van der Waals surface area (Å²) in [4.78, 5) is 27.9. The normalized spacial score (nSPS) is 16.9. The zero-order valence-electron chi connectivity index (χ0n) is 16.1. The number of amides is 1. The van der Waals surface area contributed by atoms with E-state index >= 15 is 0 Å². The van der Waals surface area contributed by atoms with Gasteiger partial charge in [0.05, 0.1) is 5.75 Å². The number of thioether (sulfide) groups is 1. The molecule has 1 fully saturated rings. The monoisotopic (exact) mass is 431 g/mol. The van der Waals surface area contributed by atoms with E-state index < -0.39 is 0 Å². The number of hydrogen-bond acceptors (Lipinski definition) is 7. The molecule has 1 aromatic carbocycles. The number of nitrogens with zero attached hydrogens (tertiary/aromatic N) is 4. The molecule has 152 valence electrons. The summed E-state index contributed by atoms with van der Waals surface area (Å²) in [7, 11) is 0. The zero-order valence-corrected chi connectivity index (χ0v) is 17.7. The number of aromatic nitrogens is 3. The van der Waals surface area contributed by atoms with Gasteiger partial charge in [0, 0.05) is 19.6 Å². The molecule has 1 saturated heterocycles. The largest absolute Gasteiger partial charge is 0.351 e. The number of benzene rings is 1. The smallest absolute Gasteiger partial charge is 0.230 e. The number of rotatable bonds is 6. The summed E-state index contributed by atoms with van der Waals surface area (Å²) in [6, 6.07) is 6.10. The van der Waals surface area contributed by atoms with Crippen molar-refractivity contribution in [1.29, 1.82) is 0 Å². The van der Waals surface area contributed by atoms with E-state index in [4.69, 9.17) is 4.98 Å². The molecular formula is C20H22FN5OS2. The van der Waals surface area contributed by atoms with E-state index in [1.807, 2.05) is 0 Å². The Kier molecular flexibility index (Phi) is 6.25. The fourth-order valence-corrected chi connectivity index (χ4v) is 5.27. The third-order valence-corrected chi connectivity index (χ3v) is 7.05. The minimum atomic E-state index is -0.286. The van der Waals surface area contributed by atoms with E-state index in [0.29, 0.717) is 18.1 Å². The lowest BCUT2D eigenvalue weighted by molar-refractivity contribution is -0.118. The van der Waals surface area contributed by atoms with Gasteiger partial charge in [-0.25, -0.2) is 14.4 Å². The molecule has 29 heavy (non-hydrogen) atoms. The van der Waals surface area contributed by atoms with E-state index in [-0.39, 0.29) is 17.5 Å². The summed E-state index contributed by atoms with van der Waals surface area (Å²) in [6.45, 7) is 4.68. The summed E-state index contributed by atoms with van der Waals surface area (Å²) in [5.41, 5.74) is 1.55. The van der Waals surface area contributed by atoms with Gasteiger partial charge in [-0.05, 0) is 36.5 Å². The van der Waals surface area contributed by atoms with Crippen LogP contribution in [0.4, 0.5) is 9.52 Å². The number of hydrogen-bond donors (Lipinski definition) is 1. The van der Waals surface area contributed by atoms with E-state index in [1.54, 1.807) is 23.5 Å². The van der Waals surface area contributed by atoms with E-state index in [2.05, 4.69) is 27.1 Å². The third-order valence-electron chi connectivity index (χ3n) is 4.82. The Labute approximate surface area is 177 Å². The van der Waals surface area contributed by atoms with Crippen molar-refractivity contribution in [3.63, 3.8) is 0 Å². The van der Waals surface area contributed by atoms with Gasteiger partial charge < -0.3 is 10.2 Å². The maximum absolute atomic E-state index is 13.0. The number of halogens is 1. The summed E-state index contributed by atoms with van der Waals surface area (Å²) < 4.78 is 13.9. The zero-order chi connectivity index (χ0) is 20.2. The van der Waals surface area contributed by atoms with Crippen LogP contribution in [0.25, 0.3) is 10.3 Å². The van der Waals surface area contributed by atoms with Crippen molar-refractivity contribution in [3.05, 3.63) is 42.0 Å². The van der Waals surface area contributed by atoms with Crippen LogP contribution in [0.3, 0.4) is 0 Å². The molecule has 3 heterocycles. The molecule has 0 unspecified atom stereocenters. The highest BCUT2D eigenvalue weighted by Crippen LogP contribution is 2.35. The van der Waals surface area contributed by atoms with Crippen LogP contribution in [0.5, 0.6) is 0 Å². The molecule has 2 aromatic heterocycles. The Bertz CT molecular complexity index is 994. The van der Waals surface area contributed by atoms with Gasteiger partial charge in [0.25, 0.3) is 0 Å². The molecule has 9 heteroatoms. The molecule has 1 aliphatic heterocycles. The van der Waals surface area contributed by atoms with Gasteiger partial charge in [0.1, 0.15) is 21.9 Å². The van der Waals surface area contributed by atoms with Crippen molar-refractivity contribution in [3.8, 4) is 0 Å². The summed E-state index contributed by atoms with van der Waals surface area (Å²) in [5, 5.41) is 4.61. The molecule has 1 atom stereocenters. The maximum atomic E-state index is 13.0. The number of anilines is 1. The first kappa shape index (κ1) is 20.0. The average molecular weight is 432 g/mol. The van der Waals surface area contributed by atoms with Crippen LogP contribution in [0.1, 0.15) is 25.3 Å². The number of carbonyl (C=O) groups is 1. The highest BCUT2D eigenvalue weighted by Gasteiger charge is 2.21. The SMILES string of the molecule is C[C@H]1CCCN(c2nc3ncnc(SCC(=O)NCc4ccc(F)cc4)c3s2)C1. The van der Waals surface area contributed by atoms with Crippen LogP contribution < -0.4 is 10.2 Å². The lowest BCUT2D eigenvalue weighted by Gasteiger charge is -2.30. The lowest BCUT2D eigenvalue weighted by atomic mass is 10.0.